The Labute approximate surface area is 117 Å². The van der Waals surface area contributed by atoms with Gasteiger partial charge >= 0.3 is 0 Å². The van der Waals surface area contributed by atoms with E-state index < -0.39 is 0 Å². The van der Waals surface area contributed by atoms with Crippen LogP contribution in [0.3, 0.4) is 0 Å². The molecule has 18 heavy (non-hydrogen) atoms. The van der Waals surface area contributed by atoms with Gasteiger partial charge in [0.1, 0.15) is 0 Å². The topological polar surface area (TPSA) is 24.9 Å². The summed E-state index contributed by atoms with van der Waals surface area (Å²) >= 11 is 3.45. The van der Waals surface area contributed by atoms with Gasteiger partial charge in [0, 0.05) is 16.2 Å². The van der Waals surface area contributed by atoms with E-state index in [1.165, 1.54) is 5.56 Å². The largest absolute Gasteiger partial charge is 0.381 e. The highest BCUT2D eigenvalue weighted by atomic mass is 79.9. The van der Waals surface area contributed by atoms with Crippen molar-refractivity contribution in [2.24, 2.45) is 0 Å². The summed E-state index contributed by atoms with van der Waals surface area (Å²) in [5, 5.41) is 3.46. The third-order valence-corrected chi connectivity index (χ3v) is 3.31. The van der Waals surface area contributed by atoms with Crippen molar-refractivity contribution in [1.82, 2.24) is 4.98 Å². The van der Waals surface area contributed by atoms with E-state index >= 15 is 0 Å². The Hall–Kier alpha value is -1.35. The molecule has 0 aliphatic carbocycles. The molecular formula is C15H17BrN2. The van der Waals surface area contributed by atoms with Gasteiger partial charge in [0.05, 0.1) is 11.9 Å². The minimum absolute atomic E-state index is 0.385. The lowest BCUT2D eigenvalue weighted by molar-refractivity contribution is 0.789. The molecule has 2 nitrogen and oxygen atoms in total. The number of halogens is 1. The molecule has 3 heteroatoms. The number of benzene rings is 1. The van der Waals surface area contributed by atoms with Crippen LogP contribution in [0.5, 0.6) is 0 Å². The number of nitrogens with zero attached hydrogens (tertiary/aromatic N) is 1. The molecule has 0 saturated carbocycles. The third kappa shape index (κ3) is 3.84. The van der Waals surface area contributed by atoms with Gasteiger partial charge in [-0.15, -0.1) is 0 Å². The van der Waals surface area contributed by atoms with Crippen molar-refractivity contribution in [1.29, 1.82) is 0 Å². The van der Waals surface area contributed by atoms with E-state index in [9.17, 15) is 0 Å². The van der Waals surface area contributed by atoms with Crippen LogP contribution in [0.15, 0.2) is 47.1 Å². The van der Waals surface area contributed by atoms with Gasteiger partial charge in [0.15, 0.2) is 0 Å². The molecule has 94 valence electrons. The van der Waals surface area contributed by atoms with Crippen LogP contribution >= 0.6 is 15.9 Å². The molecular weight excluding hydrogens is 288 g/mol. The average molecular weight is 305 g/mol. The minimum Gasteiger partial charge on any atom is -0.381 e. The maximum atomic E-state index is 4.28. The molecule has 0 radical (unpaired) electrons. The first kappa shape index (κ1) is 13.1. The van der Waals surface area contributed by atoms with Crippen molar-refractivity contribution < 1.29 is 0 Å². The first-order valence-corrected chi connectivity index (χ1v) is 6.86. The lowest BCUT2D eigenvalue weighted by Crippen LogP contribution is -2.18. The molecule has 1 atom stereocenters. The summed E-state index contributed by atoms with van der Waals surface area (Å²) in [7, 11) is 0. The summed E-state index contributed by atoms with van der Waals surface area (Å²) in [5.41, 5.74) is 3.45. The lowest BCUT2D eigenvalue weighted by atomic mass is 10.1. The van der Waals surface area contributed by atoms with Gasteiger partial charge in [0.25, 0.3) is 0 Å². The van der Waals surface area contributed by atoms with E-state index in [0.29, 0.717) is 6.04 Å². The van der Waals surface area contributed by atoms with Crippen LogP contribution in [-0.2, 0) is 6.42 Å². The maximum Gasteiger partial charge on any atom is 0.0529 e. The van der Waals surface area contributed by atoms with Crippen LogP contribution in [0.2, 0.25) is 0 Å². The molecule has 0 fully saturated rings. The second-order valence-electron chi connectivity index (χ2n) is 4.56. The zero-order valence-corrected chi connectivity index (χ0v) is 12.2. The highest BCUT2D eigenvalue weighted by molar-refractivity contribution is 9.10. The van der Waals surface area contributed by atoms with Crippen molar-refractivity contribution in [3.63, 3.8) is 0 Å². The molecule has 0 spiro atoms. The Morgan fingerprint density at radius 3 is 2.50 bits per heavy atom. The highest BCUT2D eigenvalue weighted by Gasteiger charge is 2.03. The molecule has 2 aromatic rings. The fraction of sp³-hybridized carbons (Fsp3) is 0.267. The number of hydrogen-bond donors (Lipinski definition) is 1. The summed E-state index contributed by atoms with van der Waals surface area (Å²) in [6.45, 7) is 4.18. The lowest BCUT2D eigenvalue weighted by Gasteiger charge is -2.15. The molecule has 1 heterocycles. The number of anilines is 1. The summed E-state index contributed by atoms with van der Waals surface area (Å²) in [5.74, 6) is 0. The van der Waals surface area contributed by atoms with Crippen LogP contribution in [-0.4, -0.2) is 11.0 Å². The monoisotopic (exact) mass is 304 g/mol. The van der Waals surface area contributed by atoms with Crippen LogP contribution in [0, 0.1) is 6.92 Å². The van der Waals surface area contributed by atoms with E-state index in [1.54, 1.807) is 0 Å². The van der Waals surface area contributed by atoms with Crippen LogP contribution in [0.4, 0.5) is 5.69 Å². The van der Waals surface area contributed by atoms with Crippen molar-refractivity contribution in [2.45, 2.75) is 26.3 Å². The molecule has 0 amide bonds. The number of rotatable bonds is 4. The fourth-order valence-electron chi connectivity index (χ4n) is 1.86. The van der Waals surface area contributed by atoms with E-state index in [0.717, 1.165) is 22.3 Å². The van der Waals surface area contributed by atoms with E-state index in [2.05, 4.69) is 63.5 Å². The predicted octanol–water partition coefficient (Wildman–Crippen LogP) is 4.20. The zero-order chi connectivity index (χ0) is 13.0. The van der Waals surface area contributed by atoms with Crippen LogP contribution < -0.4 is 5.32 Å². The van der Waals surface area contributed by atoms with E-state index in [4.69, 9.17) is 0 Å². The molecule has 0 aliphatic heterocycles. The fourth-order valence-corrected chi connectivity index (χ4v) is 2.13. The Morgan fingerprint density at radius 1 is 1.17 bits per heavy atom. The molecule has 1 N–H and O–H groups in total. The van der Waals surface area contributed by atoms with Crippen LogP contribution in [0.1, 0.15) is 18.2 Å². The quantitative estimate of drug-likeness (QED) is 0.916. The number of aryl methyl sites for hydroxylation is 1. The predicted molar refractivity (Wildman–Crippen MR) is 79.9 cm³/mol. The Kier molecular flexibility index (Phi) is 4.37. The summed E-state index contributed by atoms with van der Waals surface area (Å²) < 4.78 is 1.12. The summed E-state index contributed by atoms with van der Waals surface area (Å²) in [6.07, 6.45) is 2.88. The third-order valence-electron chi connectivity index (χ3n) is 2.78. The molecule has 1 unspecified atom stereocenters. The van der Waals surface area contributed by atoms with Gasteiger partial charge < -0.3 is 5.32 Å². The SMILES string of the molecule is Cc1ccc(NC(C)Cc2ccc(Br)cc2)cn1. The number of aromatic nitrogens is 1. The maximum absolute atomic E-state index is 4.28. The Morgan fingerprint density at radius 2 is 1.89 bits per heavy atom. The Bertz CT molecular complexity index is 443. The van der Waals surface area contributed by atoms with Gasteiger partial charge in [-0.25, -0.2) is 0 Å². The second kappa shape index (κ2) is 6.01. The van der Waals surface area contributed by atoms with Crippen molar-refractivity contribution in [2.75, 3.05) is 5.32 Å². The van der Waals surface area contributed by atoms with Gasteiger partial charge in [-0.1, -0.05) is 28.1 Å². The van der Waals surface area contributed by atoms with Crippen molar-refractivity contribution >= 4 is 21.6 Å². The second-order valence-corrected chi connectivity index (χ2v) is 5.48. The summed E-state index contributed by atoms with van der Waals surface area (Å²) in [4.78, 5) is 4.28. The van der Waals surface area contributed by atoms with Crippen molar-refractivity contribution in [3.05, 3.63) is 58.3 Å². The Balaban J connectivity index is 1.94. The zero-order valence-electron chi connectivity index (χ0n) is 10.7. The van der Waals surface area contributed by atoms with Crippen molar-refractivity contribution in [3.8, 4) is 0 Å². The molecule has 1 aromatic heterocycles. The first-order chi connectivity index (χ1) is 8.63. The van der Waals surface area contributed by atoms with Gasteiger partial charge in [-0.05, 0) is 50.1 Å². The number of hydrogen-bond acceptors (Lipinski definition) is 2. The molecule has 0 saturated heterocycles. The first-order valence-electron chi connectivity index (χ1n) is 6.07. The average Bonchev–Trinajstić information content (AvgIpc) is 2.35. The van der Waals surface area contributed by atoms with Gasteiger partial charge in [0.2, 0.25) is 0 Å². The smallest absolute Gasteiger partial charge is 0.0529 e. The number of pyridine rings is 1. The highest BCUT2D eigenvalue weighted by Crippen LogP contribution is 2.14. The normalized spacial score (nSPS) is 12.2. The molecule has 0 aliphatic rings. The van der Waals surface area contributed by atoms with E-state index in [-0.39, 0.29) is 0 Å². The molecule has 0 bridgehead atoms. The molecule has 1 aromatic carbocycles. The minimum atomic E-state index is 0.385. The van der Waals surface area contributed by atoms with E-state index in [1.807, 2.05) is 19.2 Å². The molecule has 2 rings (SSSR count). The van der Waals surface area contributed by atoms with Gasteiger partial charge in [-0.2, -0.15) is 0 Å². The van der Waals surface area contributed by atoms with Crippen LogP contribution in [0.25, 0.3) is 0 Å². The summed E-state index contributed by atoms with van der Waals surface area (Å²) in [6, 6.07) is 12.9. The number of nitrogens with one attached hydrogen (secondary N) is 1. The standard InChI is InChI=1S/C15H17BrN2/c1-11-3-8-15(10-17-11)18-12(2)9-13-4-6-14(16)7-5-13/h3-8,10,12,18H,9H2,1-2H3. The van der Waals surface area contributed by atoms with Gasteiger partial charge in [-0.3, -0.25) is 4.98 Å².